The first-order valence-corrected chi connectivity index (χ1v) is 7.11. The van der Waals surface area contributed by atoms with Crippen LogP contribution >= 0.6 is 23.7 Å². The highest BCUT2D eigenvalue weighted by Gasteiger charge is 2.12. The Morgan fingerprint density at radius 2 is 2.14 bits per heavy atom. The monoisotopic (exact) mass is 329 g/mol. The van der Waals surface area contributed by atoms with Crippen molar-refractivity contribution in [1.82, 2.24) is 4.98 Å². The van der Waals surface area contributed by atoms with E-state index in [1.807, 2.05) is 6.92 Å². The molecule has 114 valence electrons. The molecule has 1 heterocycles. The van der Waals surface area contributed by atoms with E-state index in [1.165, 1.54) is 17.4 Å². The molecule has 0 atom stereocenters. The van der Waals surface area contributed by atoms with Gasteiger partial charge in [-0.3, -0.25) is 4.79 Å². The second-order valence-corrected chi connectivity index (χ2v) is 5.47. The van der Waals surface area contributed by atoms with Gasteiger partial charge in [-0.15, -0.1) is 23.7 Å². The lowest BCUT2D eigenvalue weighted by Gasteiger charge is -2.01. The summed E-state index contributed by atoms with van der Waals surface area (Å²) >= 11 is 1.37. The van der Waals surface area contributed by atoms with Crippen LogP contribution in [0.15, 0.2) is 24.3 Å². The Labute approximate surface area is 133 Å². The molecule has 1 aromatic carbocycles. The van der Waals surface area contributed by atoms with Crippen LogP contribution in [-0.2, 0) is 11.2 Å². The second-order valence-electron chi connectivity index (χ2n) is 4.38. The van der Waals surface area contributed by atoms with Gasteiger partial charge in [0.05, 0.1) is 5.69 Å². The van der Waals surface area contributed by atoms with Gasteiger partial charge in [-0.25, -0.2) is 9.37 Å². The third kappa shape index (κ3) is 4.77. The fourth-order valence-corrected chi connectivity index (χ4v) is 2.77. The third-order valence-electron chi connectivity index (χ3n) is 2.82. The van der Waals surface area contributed by atoms with Gasteiger partial charge in [-0.1, -0.05) is 18.2 Å². The van der Waals surface area contributed by atoms with Crippen molar-refractivity contribution in [2.24, 2.45) is 5.73 Å². The standard InChI is InChI=1S/C14H16FN3OS.ClH/c1-9-12(8-10-4-2-3-5-11(10)15)20-14(17-9)18-13(19)6-7-16;/h2-5H,6-8,16H2,1H3,(H,17,18,19);1H. The summed E-state index contributed by atoms with van der Waals surface area (Å²) in [7, 11) is 0. The predicted molar refractivity (Wildman–Crippen MR) is 85.6 cm³/mol. The van der Waals surface area contributed by atoms with E-state index in [-0.39, 0.29) is 30.6 Å². The van der Waals surface area contributed by atoms with Crippen molar-refractivity contribution < 1.29 is 9.18 Å². The van der Waals surface area contributed by atoms with Gasteiger partial charge in [-0.05, 0) is 18.6 Å². The molecule has 1 amide bonds. The molecule has 7 heteroatoms. The van der Waals surface area contributed by atoms with Crippen LogP contribution in [-0.4, -0.2) is 17.4 Å². The number of carbonyl (C=O) groups is 1. The SMILES string of the molecule is Cc1nc(NC(=O)CCN)sc1Cc1ccccc1F.Cl. The number of benzene rings is 1. The number of anilines is 1. The minimum Gasteiger partial charge on any atom is -0.330 e. The lowest BCUT2D eigenvalue weighted by molar-refractivity contribution is -0.116. The van der Waals surface area contributed by atoms with Gasteiger partial charge in [0, 0.05) is 24.3 Å². The zero-order valence-electron chi connectivity index (χ0n) is 11.6. The molecule has 0 aliphatic heterocycles. The van der Waals surface area contributed by atoms with E-state index in [2.05, 4.69) is 10.3 Å². The predicted octanol–water partition coefficient (Wildman–Crippen LogP) is 2.89. The van der Waals surface area contributed by atoms with E-state index in [0.717, 1.165) is 10.6 Å². The number of aromatic nitrogens is 1. The highest BCUT2D eigenvalue weighted by Crippen LogP contribution is 2.26. The molecule has 0 fully saturated rings. The van der Waals surface area contributed by atoms with Gasteiger partial charge in [0.15, 0.2) is 5.13 Å². The number of aryl methyl sites for hydroxylation is 1. The quantitative estimate of drug-likeness (QED) is 0.886. The van der Waals surface area contributed by atoms with Crippen molar-refractivity contribution >= 4 is 34.8 Å². The maximum atomic E-state index is 13.6. The van der Waals surface area contributed by atoms with Crippen molar-refractivity contribution in [3.8, 4) is 0 Å². The van der Waals surface area contributed by atoms with Crippen LogP contribution in [0.5, 0.6) is 0 Å². The second kappa shape index (κ2) is 8.07. The number of nitrogens with two attached hydrogens (primary N) is 1. The number of thiazole rings is 1. The summed E-state index contributed by atoms with van der Waals surface area (Å²) in [6.07, 6.45) is 0.740. The normalized spacial score (nSPS) is 10.0. The minimum atomic E-state index is -0.228. The Hall–Kier alpha value is -1.50. The van der Waals surface area contributed by atoms with Crippen LogP contribution in [0.2, 0.25) is 0 Å². The van der Waals surface area contributed by atoms with Crippen LogP contribution in [0.1, 0.15) is 22.6 Å². The molecule has 0 aliphatic rings. The first kappa shape index (κ1) is 17.6. The number of rotatable bonds is 5. The van der Waals surface area contributed by atoms with Gasteiger partial charge in [-0.2, -0.15) is 0 Å². The molecule has 0 spiro atoms. The Kier molecular flexibility index (Phi) is 6.74. The number of hydrogen-bond acceptors (Lipinski definition) is 4. The number of hydrogen-bond donors (Lipinski definition) is 2. The topological polar surface area (TPSA) is 68.0 Å². The highest BCUT2D eigenvalue weighted by molar-refractivity contribution is 7.15. The van der Waals surface area contributed by atoms with E-state index in [9.17, 15) is 9.18 Å². The zero-order chi connectivity index (χ0) is 14.5. The van der Waals surface area contributed by atoms with Gasteiger partial charge < -0.3 is 11.1 Å². The third-order valence-corrected chi connectivity index (χ3v) is 3.89. The smallest absolute Gasteiger partial charge is 0.227 e. The fraction of sp³-hybridized carbons (Fsp3) is 0.286. The molecule has 3 N–H and O–H groups in total. The average Bonchev–Trinajstić information content (AvgIpc) is 2.72. The summed E-state index contributed by atoms with van der Waals surface area (Å²) in [5.41, 5.74) is 6.75. The lowest BCUT2D eigenvalue weighted by atomic mass is 10.1. The van der Waals surface area contributed by atoms with E-state index >= 15 is 0 Å². The summed E-state index contributed by atoms with van der Waals surface area (Å²) in [4.78, 5) is 16.7. The van der Waals surface area contributed by atoms with Crippen LogP contribution in [0, 0.1) is 12.7 Å². The molecule has 0 saturated carbocycles. The Morgan fingerprint density at radius 1 is 1.43 bits per heavy atom. The fourth-order valence-electron chi connectivity index (χ4n) is 1.77. The lowest BCUT2D eigenvalue weighted by Crippen LogP contribution is -2.15. The number of halogens is 2. The highest BCUT2D eigenvalue weighted by atomic mass is 35.5. The maximum Gasteiger partial charge on any atom is 0.227 e. The molecule has 1 aromatic heterocycles. The van der Waals surface area contributed by atoms with Gasteiger partial charge in [0.2, 0.25) is 5.91 Å². The summed E-state index contributed by atoms with van der Waals surface area (Å²) < 4.78 is 13.6. The number of carbonyl (C=O) groups excluding carboxylic acids is 1. The minimum absolute atomic E-state index is 0. The van der Waals surface area contributed by atoms with Crippen molar-refractivity contribution in [2.75, 3.05) is 11.9 Å². The van der Waals surface area contributed by atoms with Gasteiger partial charge >= 0.3 is 0 Å². The molecule has 0 bridgehead atoms. The van der Waals surface area contributed by atoms with Crippen molar-refractivity contribution in [1.29, 1.82) is 0 Å². The maximum absolute atomic E-state index is 13.6. The summed E-state index contributed by atoms with van der Waals surface area (Å²) in [5.74, 6) is -0.382. The number of amides is 1. The molecular formula is C14H17ClFN3OS. The largest absolute Gasteiger partial charge is 0.330 e. The number of nitrogens with zero attached hydrogens (tertiary/aromatic N) is 1. The Balaban J connectivity index is 0.00000220. The Bertz CT molecular complexity index is 618. The average molecular weight is 330 g/mol. The van der Waals surface area contributed by atoms with Crippen LogP contribution in [0.4, 0.5) is 9.52 Å². The molecule has 2 rings (SSSR count). The zero-order valence-corrected chi connectivity index (χ0v) is 13.2. The van der Waals surface area contributed by atoms with Crippen LogP contribution < -0.4 is 11.1 Å². The molecule has 0 aliphatic carbocycles. The number of nitrogens with one attached hydrogen (secondary N) is 1. The molecule has 0 saturated heterocycles. The van der Waals surface area contributed by atoms with Gasteiger partial charge in [0.25, 0.3) is 0 Å². The van der Waals surface area contributed by atoms with E-state index in [0.29, 0.717) is 23.7 Å². The van der Waals surface area contributed by atoms with Crippen LogP contribution in [0.25, 0.3) is 0 Å². The molecule has 4 nitrogen and oxygen atoms in total. The first-order valence-electron chi connectivity index (χ1n) is 6.29. The van der Waals surface area contributed by atoms with Crippen molar-refractivity contribution in [3.63, 3.8) is 0 Å². The first-order chi connectivity index (χ1) is 9.60. The molecular weight excluding hydrogens is 313 g/mol. The summed E-state index contributed by atoms with van der Waals surface area (Å²) in [5, 5.41) is 3.23. The molecule has 2 aromatic rings. The summed E-state index contributed by atoms with van der Waals surface area (Å²) in [6.45, 7) is 2.16. The molecule has 21 heavy (non-hydrogen) atoms. The van der Waals surface area contributed by atoms with Crippen LogP contribution in [0.3, 0.4) is 0 Å². The molecule has 0 unspecified atom stereocenters. The van der Waals surface area contributed by atoms with E-state index in [1.54, 1.807) is 18.2 Å². The molecule has 0 radical (unpaired) electrons. The van der Waals surface area contributed by atoms with Crippen molar-refractivity contribution in [3.05, 3.63) is 46.2 Å². The van der Waals surface area contributed by atoms with E-state index < -0.39 is 0 Å². The van der Waals surface area contributed by atoms with Gasteiger partial charge in [0.1, 0.15) is 5.82 Å². The Morgan fingerprint density at radius 3 is 2.81 bits per heavy atom. The van der Waals surface area contributed by atoms with E-state index in [4.69, 9.17) is 5.73 Å². The van der Waals surface area contributed by atoms with Crippen molar-refractivity contribution in [2.45, 2.75) is 19.8 Å². The summed E-state index contributed by atoms with van der Waals surface area (Å²) in [6, 6.07) is 6.66.